The second-order valence-electron chi connectivity index (χ2n) is 17.7. The van der Waals surface area contributed by atoms with Gasteiger partial charge in [-0.05, 0) is 128 Å². The lowest BCUT2D eigenvalue weighted by molar-refractivity contribution is 0.573. The summed E-state index contributed by atoms with van der Waals surface area (Å²) in [7, 11) is 0. The van der Waals surface area contributed by atoms with Crippen LogP contribution in [0.4, 0.5) is 17.1 Å². The molecule has 2 nitrogen and oxygen atoms in total. The predicted molar refractivity (Wildman–Crippen MR) is 264 cm³/mol. The Kier molecular flexibility index (Phi) is 9.24. The predicted octanol–water partition coefficient (Wildman–Crippen LogP) is 17.1. The molecule has 1 aliphatic rings. The Morgan fingerprint density at radius 2 is 0.952 bits per heavy atom. The highest BCUT2D eigenvalue weighted by atomic mass is 16.3. The Hall–Kier alpha value is -7.42. The first-order valence-corrected chi connectivity index (χ1v) is 21.8. The Balaban J connectivity index is 0.942. The minimum absolute atomic E-state index is 0.0325. The first-order chi connectivity index (χ1) is 30.3. The molecule has 0 radical (unpaired) electrons. The third kappa shape index (κ3) is 6.88. The number of rotatable bonds is 7. The molecule has 2 heteroatoms. The molecule has 0 spiro atoms. The van der Waals surface area contributed by atoms with E-state index in [0.717, 1.165) is 63.0 Å². The third-order valence-corrected chi connectivity index (χ3v) is 12.7. The summed E-state index contributed by atoms with van der Waals surface area (Å²) in [4.78, 5) is 2.35. The van der Waals surface area contributed by atoms with Crippen LogP contribution in [-0.2, 0) is 11.8 Å². The van der Waals surface area contributed by atoms with Crippen molar-refractivity contribution in [3.05, 3.63) is 217 Å². The van der Waals surface area contributed by atoms with Gasteiger partial charge >= 0.3 is 0 Å². The zero-order chi connectivity index (χ0) is 41.8. The van der Waals surface area contributed by atoms with Crippen LogP contribution in [0, 0.1) is 0 Å². The van der Waals surface area contributed by atoms with Crippen molar-refractivity contribution in [3.8, 4) is 44.5 Å². The normalized spacial score (nSPS) is 12.6. The molecular weight excluding hydrogens is 751 g/mol. The van der Waals surface area contributed by atoms with Gasteiger partial charge in [0.05, 0.1) is 0 Å². The Bertz CT molecular complexity index is 3290. The molecule has 1 aromatic heterocycles. The van der Waals surface area contributed by atoms with Gasteiger partial charge in [-0.25, -0.2) is 0 Å². The number of allylic oxidation sites excluding steroid dienone is 1. The van der Waals surface area contributed by atoms with Gasteiger partial charge in [-0.3, -0.25) is 0 Å². The van der Waals surface area contributed by atoms with E-state index >= 15 is 0 Å². The first kappa shape index (κ1) is 37.6. The number of hydrogen-bond acceptors (Lipinski definition) is 2. The molecule has 0 saturated heterocycles. The summed E-state index contributed by atoms with van der Waals surface area (Å²) in [5, 5.41) is 4.80. The van der Waals surface area contributed by atoms with E-state index in [1.54, 1.807) is 0 Å². The largest absolute Gasteiger partial charge is 0.455 e. The molecule has 0 N–H and O–H groups in total. The van der Waals surface area contributed by atoms with Crippen molar-refractivity contribution in [3.63, 3.8) is 0 Å². The lowest BCUT2D eigenvalue weighted by atomic mass is 9.86. The van der Waals surface area contributed by atoms with E-state index in [4.69, 9.17) is 4.42 Å². The fraction of sp³-hybridized carbons (Fsp3) is 0.100. The second-order valence-corrected chi connectivity index (χ2v) is 17.7. The average Bonchev–Trinajstić information content (AvgIpc) is 3.71. The van der Waals surface area contributed by atoms with Crippen LogP contribution in [0.5, 0.6) is 0 Å². The average molecular weight is 798 g/mol. The molecule has 0 atom stereocenters. The number of nitrogens with zero attached hydrogens (tertiary/aromatic N) is 1. The number of furan rings is 1. The molecule has 1 aliphatic carbocycles. The van der Waals surface area contributed by atoms with Crippen LogP contribution in [0.1, 0.15) is 43.9 Å². The molecule has 0 bridgehead atoms. The van der Waals surface area contributed by atoms with Gasteiger partial charge < -0.3 is 9.32 Å². The van der Waals surface area contributed by atoms with E-state index < -0.39 is 0 Å². The number of benzene rings is 9. The smallest absolute Gasteiger partial charge is 0.143 e. The number of aryl methyl sites for hydroxylation is 1. The van der Waals surface area contributed by atoms with Crippen molar-refractivity contribution in [2.24, 2.45) is 0 Å². The van der Waals surface area contributed by atoms with Crippen LogP contribution in [0.3, 0.4) is 0 Å². The van der Waals surface area contributed by atoms with Gasteiger partial charge in [-0.2, -0.15) is 0 Å². The van der Waals surface area contributed by atoms with Crippen LogP contribution in [0.15, 0.2) is 205 Å². The van der Waals surface area contributed by atoms with Crippen molar-refractivity contribution >= 4 is 55.8 Å². The summed E-state index contributed by atoms with van der Waals surface area (Å²) < 4.78 is 6.77. The zero-order valence-corrected chi connectivity index (χ0v) is 35.4. The van der Waals surface area contributed by atoms with E-state index in [0.29, 0.717) is 0 Å². The van der Waals surface area contributed by atoms with E-state index in [2.05, 4.69) is 232 Å². The highest BCUT2D eigenvalue weighted by molar-refractivity contribution is 6.10. The summed E-state index contributed by atoms with van der Waals surface area (Å²) in [5.74, 6) is 0. The van der Waals surface area contributed by atoms with Crippen LogP contribution >= 0.6 is 0 Å². The molecule has 10 aromatic rings. The SMILES string of the molecule is CC(C)(C)c1cccc2c1oc1c(-c3ccc(N(c4ccc(-c5ccc(-c6ccc7c(c6)C=CCC7)cc5)cc4)c4ccc(-c5ccc6ccccc6c5)cc4)cc3)cccc12. The lowest BCUT2D eigenvalue weighted by Gasteiger charge is -2.26. The van der Waals surface area contributed by atoms with Gasteiger partial charge in [0.2, 0.25) is 0 Å². The number of anilines is 3. The van der Waals surface area contributed by atoms with Crippen molar-refractivity contribution in [2.45, 2.75) is 39.0 Å². The quantitative estimate of drug-likeness (QED) is 0.160. The second kappa shape index (κ2) is 15.2. The van der Waals surface area contributed by atoms with Crippen LogP contribution in [0.25, 0.3) is 83.3 Å². The minimum Gasteiger partial charge on any atom is -0.455 e. The van der Waals surface area contributed by atoms with Gasteiger partial charge in [-0.15, -0.1) is 0 Å². The van der Waals surface area contributed by atoms with Crippen LogP contribution in [-0.4, -0.2) is 0 Å². The van der Waals surface area contributed by atoms with Crippen LogP contribution in [0.2, 0.25) is 0 Å². The van der Waals surface area contributed by atoms with E-state index in [-0.39, 0.29) is 5.41 Å². The Morgan fingerprint density at radius 3 is 1.60 bits per heavy atom. The number of fused-ring (bicyclic) bond motifs is 5. The van der Waals surface area contributed by atoms with Crippen molar-refractivity contribution in [1.82, 2.24) is 0 Å². The maximum Gasteiger partial charge on any atom is 0.143 e. The molecule has 298 valence electrons. The van der Waals surface area contributed by atoms with Gasteiger partial charge in [0.15, 0.2) is 0 Å². The first-order valence-electron chi connectivity index (χ1n) is 21.8. The standard InChI is InChI=1S/C60H47NO/c1-60(2,3)57-17-9-16-56-55-15-8-14-54(58(55)62-59(56)57)46-30-36-53(37-31-46)61(52-34-28-45(29-35-52)50-25-23-41-11-5-7-13-48(41)39-50)51-32-26-43(27-33-51)42-18-20-44(21-19-42)49-24-22-40-10-4-6-12-47(40)38-49/h5-9,11-39H,4,10H2,1-3H3. The van der Waals surface area contributed by atoms with Gasteiger partial charge in [0.1, 0.15) is 11.2 Å². The van der Waals surface area contributed by atoms with Crippen molar-refractivity contribution in [2.75, 3.05) is 4.90 Å². The van der Waals surface area contributed by atoms with E-state index in [9.17, 15) is 0 Å². The number of para-hydroxylation sites is 2. The fourth-order valence-corrected chi connectivity index (χ4v) is 9.31. The zero-order valence-electron chi connectivity index (χ0n) is 35.4. The summed E-state index contributed by atoms with van der Waals surface area (Å²) in [5.41, 5.74) is 18.6. The molecule has 0 aliphatic heterocycles. The highest BCUT2D eigenvalue weighted by Gasteiger charge is 2.22. The molecule has 0 saturated carbocycles. The molecular formula is C60H47NO. The maximum atomic E-state index is 6.77. The molecule has 0 fully saturated rings. The monoisotopic (exact) mass is 797 g/mol. The highest BCUT2D eigenvalue weighted by Crippen LogP contribution is 2.42. The van der Waals surface area contributed by atoms with Crippen molar-refractivity contribution < 1.29 is 4.42 Å². The summed E-state index contributed by atoms with van der Waals surface area (Å²) in [6.07, 6.45) is 6.80. The van der Waals surface area contributed by atoms with Crippen molar-refractivity contribution in [1.29, 1.82) is 0 Å². The molecule has 62 heavy (non-hydrogen) atoms. The van der Waals surface area contributed by atoms with E-state index in [1.807, 2.05) is 0 Å². The molecule has 11 rings (SSSR count). The van der Waals surface area contributed by atoms with Gasteiger partial charge in [0.25, 0.3) is 0 Å². The molecule has 0 unspecified atom stereocenters. The van der Waals surface area contributed by atoms with Crippen LogP contribution < -0.4 is 4.90 Å². The Labute approximate surface area is 364 Å². The summed E-state index contributed by atoms with van der Waals surface area (Å²) >= 11 is 0. The molecule has 9 aromatic carbocycles. The molecule has 1 heterocycles. The third-order valence-electron chi connectivity index (χ3n) is 12.7. The maximum absolute atomic E-state index is 6.77. The molecule has 0 amide bonds. The Morgan fingerprint density at radius 1 is 0.435 bits per heavy atom. The summed E-state index contributed by atoms with van der Waals surface area (Å²) in [6, 6.07) is 71.0. The van der Waals surface area contributed by atoms with Gasteiger partial charge in [0, 0.05) is 39.0 Å². The van der Waals surface area contributed by atoms with E-state index in [1.165, 1.54) is 60.8 Å². The van der Waals surface area contributed by atoms with Gasteiger partial charge in [-0.1, -0.05) is 179 Å². The number of hydrogen-bond donors (Lipinski definition) is 0. The fourth-order valence-electron chi connectivity index (χ4n) is 9.31. The minimum atomic E-state index is -0.0325. The topological polar surface area (TPSA) is 16.4 Å². The lowest BCUT2D eigenvalue weighted by Crippen LogP contribution is -2.10. The summed E-state index contributed by atoms with van der Waals surface area (Å²) in [6.45, 7) is 6.74.